The number of nitrogens with zero attached hydrogens (tertiary/aromatic N) is 1. The van der Waals surface area contributed by atoms with Gasteiger partial charge in [-0.25, -0.2) is 0 Å². The van der Waals surface area contributed by atoms with Crippen molar-refractivity contribution in [3.05, 3.63) is 77.1 Å². The summed E-state index contributed by atoms with van der Waals surface area (Å²) < 4.78 is 6.24. The van der Waals surface area contributed by atoms with Crippen molar-refractivity contribution in [1.29, 1.82) is 0 Å². The van der Waals surface area contributed by atoms with Crippen molar-refractivity contribution < 1.29 is 4.74 Å². The molecule has 2 aromatic carbocycles. The van der Waals surface area contributed by atoms with Crippen LogP contribution in [0.3, 0.4) is 0 Å². The Hall–Kier alpha value is -2.26. The van der Waals surface area contributed by atoms with Gasteiger partial charge in [0.25, 0.3) is 0 Å². The second-order valence-electron chi connectivity index (χ2n) is 7.63. The second kappa shape index (κ2) is 9.29. The third-order valence-corrected chi connectivity index (χ3v) is 5.58. The lowest BCUT2D eigenvalue weighted by Crippen LogP contribution is -2.07. The van der Waals surface area contributed by atoms with Crippen LogP contribution in [0.15, 0.2) is 59.5 Å². The van der Waals surface area contributed by atoms with Crippen LogP contribution >= 0.6 is 11.8 Å². The number of para-hydroxylation sites is 1. The number of rotatable bonds is 7. The number of hydrogen-bond acceptors (Lipinski definition) is 3. The van der Waals surface area contributed by atoms with Gasteiger partial charge in [0.15, 0.2) is 0 Å². The van der Waals surface area contributed by atoms with E-state index >= 15 is 0 Å². The summed E-state index contributed by atoms with van der Waals surface area (Å²) in [5.41, 5.74) is 7.07. The molecule has 0 aliphatic heterocycles. The van der Waals surface area contributed by atoms with Gasteiger partial charge in [0.05, 0.1) is 0 Å². The molecule has 28 heavy (non-hydrogen) atoms. The first-order valence-corrected chi connectivity index (χ1v) is 11.0. The van der Waals surface area contributed by atoms with E-state index in [2.05, 4.69) is 70.3 Å². The maximum Gasteiger partial charge on any atom is 0.133 e. The number of benzene rings is 2. The Kier molecular flexibility index (Phi) is 6.79. The molecule has 1 aromatic heterocycles. The summed E-state index contributed by atoms with van der Waals surface area (Å²) in [6, 6.07) is 19.2. The van der Waals surface area contributed by atoms with Crippen molar-refractivity contribution in [2.45, 2.75) is 45.6 Å². The minimum absolute atomic E-state index is 0.515. The maximum absolute atomic E-state index is 6.24. The van der Waals surface area contributed by atoms with Crippen LogP contribution in [0.2, 0.25) is 0 Å². The summed E-state index contributed by atoms with van der Waals surface area (Å²) in [7, 11) is 0. The fourth-order valence-corrected chi connectivity index (χ4v) is 3.89. The van der Waals surface area contributed by atoms with Gasteiger partial charge in [-0.05, 0) is 61.8 Å². The van der Waals surface area contributed by atoms with Crippen LogP contribution < -0.4 is 4.74 Å². The highest BCUT2D eigenvalue weighted by Gasteiger charge is 2.14. The lowest BCUT2D eigenvalue weighted by Gasteiger charge is -2.17. The molecule has 3 heteroatoms. The molecule has 0 aliphatic carbocycles. The van der Waals surface area contributed by atoms with Crippen LogP contribution in [0.1, 0.15) is 36.4 Å². The van der Waals surface area contributed by atoms with Gasteiger partial charge < -0.3 is 4.74 Å². The van der Waals surface area contributed by atoms with E-state index in [0.29, 0.717) is 12.5 Å². The summed E-state index contributed by atoms with van der Waals surface area (Å²) in [5, 5.41) is 0. The van der Waals surface area contributed by atoms with E-state index < -0.39 is 0 Å². The van der Waals surface area contributed by atoms with Gasteiger partial charge in [-0.15, -0.1) is 11.8 Å². The molecule has 0 atom stereocenters. The predicted octanol–water partition coefficient (Wildman–Crippen LogP) is 6.86. The minimum atomic E-state index is 0.515. The lowest BCUT2D eigenvalue weighted by atomic mass is 9.96. The van der Waals surface area contributed by atoms with Crippen LogP contribution in [0, 0.1) is 19.8 Å². The van der Waals surface area contributed by atoms with Crippen molar-refractivity contribution in [3.8, 4) is 16.9 Å². The molecule has 0 fully saturated rings. The summed E-state index contributed by atoms with van der Waals surface area (Å²) in [6.45, 7) is 9.20. The molecule has 0 saturated heterocycles. The molecule has 0 N–H and O–H groups in total. The number of ether oxygens (including phenoxy) is 1. The average Bonchev–Trinajstić information content (AvgIpc) is 2.67. The third kappa shape index (κ3) is 4.96. The molecule has 0 aliphatic rings. The van der Waals surface area contributed by atoms with E-state index in [9.17, 15) is 0 Å². The van der Waals surface area contributed by atoms with Crippen LogP contribution in [-0.2, 0) is 13.0 Å². The number of pyridine rings is 1. The Labute approximate surface area is 173 Å². The molecule has 3 aromatic rings. The number of thioether (sulfide) groups is 1. The molecular weight excluding hydrogens is 362 g/mol. The highest BCUT2D eigenvalue weighted by atomic mass is 32.2. The normalized spacial score (nSPS) is 11.1. The Morgan fingerprint density at radius 2 is 1.71 bits per heavy atom. The van der Waals surface area contributed by atoms with E-state index in [4.69, 9.17) is 9.72 Å². The topological polar surface area (TPSA) is 22.1 Å². The summed E-state index contributed by atoms with van der Waals surface area (Å²) in [5.74, 6) is 1.50. The number of hydrogen-bond donors (Lipinski definition) is 0. The molecule has 0 spiro atoms. The Morgan fingerprint density at radius 1 is 1.00 bits per heavy atom. The molecule has 2 nitrogen and oxygen atoms in total. The minimum Gasteiger partial charge on any atom is -0.488 e. The smallest absolute Gasteiger partial charge is 0.133 e. The fraction of sp³-hybridized carbons (Fsp3) is 0.320. The first-order chi connectivity index (χ1) is 13.5. The zero-order chi connectivity index (χ0) is 20.1. The highest BCUT2D eigenvalue weighted by Crippen LogP contribution is 2.31. The quantitative estimate of drug-likeness (QED) is 0.411. The van der Waals surface area contributed by atoms with E-state index in [1.54, 1.807) is 11.8 Å². The van der Waals surface area contributed by atoms with Crippen molar-refractivity contribution >= 4 is 11.8 Å². The highest BCUT2D eigenvalue weighted by molar-refractivity contribution is 7.98. The van der Waals surface area contributed by atoms with Crippen LogP contribution in [-0.4, -0.2) is 11.2 Å². The second-order valence-corrected chi connectivity index (χ2v) is 8.48. The van der Waals surface area contributed by atoms with E-state index in [1.165, 1.54) is 16.7 Å². The molecule has 0 unspecified atom stereocenters. The van der Waals surface area contributed by atoms with Crippen LogP contribution in [0.5, 0.6) is 5.75 Å². The van der Waals surface area contributed by atoms with Gasteiger partial charge in [-0.3, -0.25) is 4.98 Å². The van der Waals surface area contributed by atoms with E-state index in [1.807, 2.05) is 18.2 Å². The summed E-state index contributed by atoms with van der Waals surface area (Å²) in [4.78, 5) is 6.04. The largest absolute Gasteiger partial charge is 0.488 e. The van der Waals surface area contributed by atoms with Crippen molar-refractivity contribution in [3.63, 3.8) is 0 Å². The monoisotopic (exact) mass is 391 g/mol. The van der Waals surface area contributed by atoms with Gasteiger partial charge in [0.1, 0.15) is 12.4 Å². The third-order valence-electron chi connectivity index (χ3n) is 4.81. The van der Waals surface area contributed by atoms with Gasteiger partial charge in [-0.2, -0.15) is 0 Å². The maximum atomic E-state index is 6.24. The number of aryl methyl sites for hydroxylation is 2. The summed E-state index contributed by atoms with van der Waals surface area (Å²) in [6.07, 6.45) is 3.06. The van der Waals surface area contributed by atoms with Crippen molar-refractivity contribution in [1.82, 2.24) is 4.98 Å². The Morgan fingerprint density at radius 3 is 2.39 bits per heavy atom. The number of aromatic nitrogens is 1. The molecule has 0 radical (unpaired) electrons. The zero-order valence-electron chi connectivity index (χ0n) is 17.5. The molecule has 1 heterocycles. The van der Waals surface area contributed by atoms with Crippen LogP contribution in [0.4, 0.5) is 0 Å². The van der Waals surface area contributed by atoms with Crippen LogP contribution in [0.25, 0.3) is 11.1 Å². The van der Waals surface area contributed by atoms with Gasteiger partial charge >= 0.3 is 0 Å². The van der Waals surface area contributed by atoms with Crippen molar-refractivity contribution in [2.24, 2.45) is 5.92 Å². The SMILES string of the molecule is CSc1ccccc1OCc1c(-c2ccc(C)cc2)cc(CC(C)C)nc1C. The fourth-order valence-electron chi connectivity index (χ4n) is 3.35. The van der Waals surface area contributed by atoms with Gasteiger partial charge in [0, 0.05) is 21.8 Å². The molecular formula is C25H29NOS. The molecule has 146 valence electrons. The van der Waals surface area contributed by atoms with E-state index in [-0.39, 0.29) is 0 Å². The van der Waals surface area contributed by atoms with Crippen molar-refractivity contribution in [2.75, 3.05) is 6.26 Å². The Balaban J connectivity index is 1.99. The zero-order valence-corrected chi connectivity index (χ0v) is 18.3. The van der Waals surface area contributed by atoms with Gasteiger partial charge in [0.2, 0.25) is 0 Å². The lowest BCUT2D eigenvalue weighted by molar-refractivity contribution is 0.298. The van der Waals surface area contributed by atoms with E-state index in [0.717, 1.165) is 34.0 Å². The first-order valence-electron chi connectivity index (χ1n) is 9.80. The first kappa shape index (κ1) is 20.5. The molecule has 3 rings (SSSR count). The summed E-state index contributed by atoms with van der Waals surface area (Å²) >= 11 is 1.71. The van der Waals surface area contributed by atoms with Gasteiger partial charge in [-0.1, -0.05) is 55.8 Å². The average molecular weight is 392 g/mol. The standard InChI is InChI=1S/C25H29NOS/c1-17(2)14-21-15-22(20-12-10-18(3)11-13-20)23(19(4)26-21)16-27-24-8-6-7-9-25(24)28-5/h6-13,15,17H,14,16H2,1-5H3. The predicted molar refractivity (Wildman–Crippen MR) is 120 cm³/mol. The Bertz CT molecular complexity index is 932. The molecule has 0 saturated carbocycles. The molecule has 0 amide bonds. The molecule has 0 bridgehead atoms.